The van der Waals surface area contributed by atoms with Gasteiger partial charge in [-0.05, 0) is 99.3 Å². The monoisotopic (exact) mass is 1080 g/mol. The van der Waals surface area contributed by atoms with E-state index in [0.29, 0.717) is 47.9 Å². The Morgan fingerprint density at radius 2 is 1.67 bits per heavy atom. The topological polar surface area (TPSA) is 253 Å². The molecule has 20 nitrogen and oxygen atoms in total. The average molecular weight is 1080 g/mol. The first-order valence-corrected chi connectivity index (χ1v) is 28.4. The number of rotatable bonds is 19. The lowest BCUT2D eigenvalue weighted by Gasteiger charge is -2.43. The number of phenolic OH excluding ortho intramolecular Hbond substituents is 1. The molecule has 3 saturated heterocycles. The summed E-state index contributed by atoms with van der Waals surface area (Å²) in [6.45, 7) is 10.3. The van der Waals surface area contributed by atoms with Gasteiger partial charge in [-0.25, -0.2) is 9.97 Å². The molecule has 1 unspecified atom stereocenters. The SMILES string of the molecule is Cc1ncsc1-c1ccc([C@H](C)NC(=O)[C@@H]2C[C@@H](O)CN2C(=O)[C@@H](c2cc(OCCNC3CCC(OC4CC(Oc5cc(N6C7CC[C@@H]6CN(c6cc(-c8ccccc8O)nnc6N)C7)ccn5)C4)CC3)no2)C(C)C)cn1. The molecule has 412 valence electrons. The van der Waals surface area contributed by atoms with Gasteiger partial charge in [-0.2, -0.15) is 0 Å². The van der Waals surface area contributed by atoms with Crippen molar-refractivity contribution in [3.63, 3.8) is 0 Å². The zero-order valence-electron chi connectivity index (χ0n) is 44.6. The number of hydrogen-bond donors (Lipinski definition) is 5. The number of para-hydroxylation sites is 1. The number of nitrogens with zero attached hydrogens (tertiary/aromatic N) is 9. The minimum atomic E-state index is -0.849. The number of nitrogen functional groups attached to an aromatic ring is 1. The van der Waals surface area contributed by atoms with E-state index < -0.39 is 18.1 Å². The summed E-state index contributed by atoms with van der Waals surface area (Å²) in [5.41, 5.74) is 13.9. The lowest BCUT2D eigenvalue weighted by atomic mass is 9.89. The fourth-order valence-corrected chi connectivity index (χ4v) is 12.8. The van der Waals surface area contributed by atoms with Gasteiger partial charge in [0.05, 0.1) is 57.5 Å². The van der Waals surface area contributed by atoms with Crippen LogP contribution in [0.1, 0.15) is 108 Å². The number of carbonyl (C=O) groups excluding carboxylic acids is 2. The number of aromatic hydroxyl groups is 1. The average Bonchev–Trinajstić information content (AvgIpc) is 4.28. The van der Waals surface area contributed by atoms with Crippen molar-refractivity contribution >= 4 is 40.3 Å². The van der Waals surface area contributed by atoms with Gasteiger partial charge in [0.2, 0.25) is 17.7 Å². The summed E-state index contributed by atoms with van der Waals surface area (Å²) in [5.74, 6) is 0.259. The maximum absolute atomic E-state index is 14.2. The number of carbonyl (C=O) groups is 2. The van der Waals surface area contributed by atoms with Crippen molar-refractivity contribution < 1.29 is 38.5 Å². The molecule has 3 aliphatic heterocycles. The minimum absolute atomic E-state index is 0.0405. The first kappa shape index (κ1) is 53.1. The maximum atomic E-state index is 14.2. The van der Waals surface area contributed by atoms with Gasteiger partial charge in [-0.15, -0.1) is 21.5 Å². The van der Waals surface area contributed by atoms with E-state index in [9.17, 15) is 19.8 Å². The number of aliphatic hydroxyl groups excluding tert-OH is 1. The van der Waals surface area contributed by atoms with Crippen molar-refractivity contribution in [3.8, 4) is 39.3 Å². The molecule has 1 aromatic carbocycles. The number of likely N-dealkylation sites (tertiary alicyclic amines) is 1. The van der Waals surface area contributed by atoms with Gasteiger partial charge in [0.1, 0.15) is 30.4 Å². The van der Waals surface area contributed by atoms with E-state index in [2.05, 4.69) is 62.9 Å². The highest BCUT2D eigenvalue weighted by molar-refractivity contribution is 7.13. The standard InChI is InChI=1S/C57H70N12O8S/c1-32(2)53(57(73)68-30-40(70)22-48(68)56(72)63-33(3)35-9-16-45(61-27-35)54-34(4)62-31-78-54)50-26-52(66-77-50)74-20-19-59-36-10-14-41(15-11-36)75-42-23-43(24-42)76-51-21-37(17-18-60-51)69-38-12-13-39(69)29-67(28-38)47-25-46(64-65-55(47)58)44-7-5-6-8-49(44)71/h5-9,16-18,21,25-27,31-33,36,38-43,48,53,59,70-71H,10-15,19-20,22-24,28-30H2,1-4H3,(H2,58,65)(H,63,72)/t33-,36?,38+,39?,40+,41?,42?,43?,48-,53+/m0/s1. The number of aliphatic hydroxyl groups is 1. The van der Waals surface area contributed by atoms with Crippen LogP contribution in [0.2, 0.25) is 0 Å². The Morgan fingerprint density at radius 1 is 0.872 bits per heavy atom. The Labute approximate surface area is 458 Å². The number of nitrogens with one attached hydrogen (secondary N) is 2. The third kappa shape index (κ3) is 11.6. The first-order chi connectivity index (χ1) is 37.8. The van der Waals surface area contributed by atoms with Crippen molar-refractivity contribution in [1.82, 2.24) is 45.8 Å². The van der Waals surface area contributed by atoms with Crippen LogP contribution in [0.4, 0.5) is 17.2 Å². The molecular formula is C57H70N12O8S. The van der Waals surface area contributed by atoms with Gasteiger partial charge >= 0.3 is 0 Å². The number of ether oxygens (including phenoxy) is 3. The van der Waals surface area contributed by atoms with Crippen LogP contribution in [0.15, 0.2) is 83.1 Å². The largest absolute Gasteiger partial charge is 0.507 e. The molecule has 0 radical (unpaired) electrons. The molecule has 2 bridgehead atoms. The summed E-state index contributed by atoms with van der Waals surface area (Å²) in [5, 5.41) is 40.5. The Hall–Kier alpha value is -6.94. The summed E-state index contributed by atoms with van der Waals surface area (Å²) < 4.78 is 24.7. The fraction of sp³-hybridized carbons (Fsp3) is 0.509. The Kier molecular flexibility index (Phi) is 15.8. The molecular weight excluding hydrogens is 1010 g/mol. The number of β-amino-alcohol motifs (C(OH)–C–C–N with tert-alkyl or cyclic N) is 1. The highest BCUT2D eigenvalue weighted by Crippen LogP contribution is 2.41. The number of aryl methyl sites for hydroxylation is 1. The molecule has 8 heterocycles. The molecule has 0 spiro atoms. The Morgan fingerprint density at radius 3 is 2.40 bits per heavy atom. The summed E-state index contributed by atoms with van der Waals surface area (Å²) >= 11 is 1.53. The fourth-order valence-electron chi connectivity index (χ4n) is 12.0. The van der Waals surface area contributed by atoms with Crippen LogP contribution in [0, 0.1) is 12.8 Å². The van der Waals surface area contributed by atoms with Crippen molar-refractivity contribution in [2.45, 2.75) is 146 Å². The number of fused-ring (bicyclic) bond motifs is 2. The maximum Gasteiger partial charge on any atom is 0.254 e. The van der Waals surface area contributed by atoms with Gasteiger partial charge in [-0.3, -0.25) is 14.6 Å². The molecule has 2 saturated carbocycles. The normalized spacial score (nSPS) is 24.7. The molecule has 5 aromatic heterocycles. The van der Waals surface area contributed by atoms with Gasteiger partial charge in [0.15, 0.2) is 11.6 Å². The number of hydrogen-bond acceptors (Lipinski definition) is 19. The quantitative estimate of drug-likeness (QED) is 0.0513. The Balaban J connectivity index is 0.589. The third-order valence-corrected chi connectivity index (χ3v) is 17.2. The molecule has 78 heavy (non-hydrogen) atoms. The summed E-state index contributed by atoms with van der Waals surface area (Å²) in [7, 11) is 0. The number of nitrogens with two attached hydrogens (primary N) is 1. The highest BCUT2D eigenvalue weighted by Gasteiger charge is 2.45. The second-order valence-corrected chi connectivity index (χ2v) is 22.8. The molecule has 5 aliphatic rings. The van der Waals surface area contributed by atoms with E-state index in [4.69, 9.17) is 24.5 Å². The van der Waals surface area contributed by atoms with E-state index in [-0.39, 0.29) is 78.8 Å². The van der Waals surface area contributed by atoms with Gasteiger partial charge in [0, 0.05) is 99.3 Å². The third-order valence-electron chi connectivity index (χ3n) is 16.2. The van der Waals surface area contributed by atoms with Crippen LogP contribution < -0.4 is 35.6 Å². The van der Waals surface area contributed by atoms with Gasteiger partial charge < -0.3 is 60.0 Å². The van der Waals surface area contributed by atoms with Crippen molar-refractivity contribution in [2.75, 3.05) is 48.3 Å². The highest BCUT2D eigenvalue weighted by atomic mass is 32.1. The number of aromatic nitrogens is 6. The number of amides is 2. The second-order valence-electron chi connectivity index (χ2n) is 22.0. The summed E-state index contributed by atoms with van der Waals surface area (Å²) in [4.78, 5) is 48.7. The van der Waals surface area contributed by atoms with E-state index in [1.54, 1.807) is 29.9 Å². The van der Waals surface area contributed by atoms with Crippen molar-refractivity contribution in [2.24, 2.45) is 5.92 Å². The molecule has 2 aliphatic carbocycles. The summed E-state index contributed by atoms with van der Waals surface area (Å²) in [6.07, 6.45) is 11.1. The molecule has 21 heteroatoms. The molecule has 6 N–H and O–H groups in total. The Bertz CT molecular complexity index is 3020. The number of benzene rings is 1. The number of phenols is 1. The second kappa shape index (κ2) is 23.2. The van der Waals surface area contributed by atoms with Crippen LogP contribution in [0.25, 0.3) is 21.8 Å². The summed E-state index contributed by atoms with van der Waals surface area (Å²) in [6, 6.07) is 18.4. The van der Waals surface area contributed by atoms with Crippen molar-refractivity contribution in [1.29, 1.82) is 0 Å². The number of anilines is 3. The predicted molar refractivity (Wildman–Crippen MR) is 294 cm³/mol. The van der Waals surface area contributed by atoms with E-state index in [0.717, 1.165) is 97.7 Å². The molecule has 5 fully saturated rings. The van der Waals surface area contributed by atoms with E-state index in [1.165, 1.54) is 16.2 Å². The zero-order valence-corrected chi connectivity index (χ0v) is 45.4. The minimum Gasteiger partial charge on any atom is -0.507 e. The molecule has 11 rings (SSSR count). The smallest absolute Gasteiger partial charge is 0.254 e. The van der Waals surface area contributed by atoms with Gasteiger partial charge in [-0.1, -0.05) is 32.0 Å². The molecule has 6 aromatic rings. The number of pyridine rings is 2. The van der Waals surface area contributed by atoms with E-state index >= 15 is 0 Å². The predicted octanol–water partition coefficient (Wildman–Crippen LogP) is 6.98. The molecule has 6 atom stereocenters. The van der Waals surface area contributed by atoms with Crippen LogP contribution >= 0.6 is 11.3 Å². The number of thiazole rings is 1. The number of piperazine rings is 1. The van der Waals surface area contributed by atoms with Crippen LogP contribution in [0.5, 0.6) is 17.5 Å². The lowest BCUT2D eigenvalue weighted by Crippen LogP contribution is -2.54. The van der Waals surface area contributed by atoms with Gasteiger partial charge in [0.25, 0.3) is 5.88 Å². The first-order valence-electron chi connectivity index (χ1n) is 27.5. The van der Waals surface area contributed by atoms with Crippen LogP contribution in [0.3, 0.4) is 0 Å². The molecule has 2 amide bonds. The lowest BCUT2D eigenvalue weighted by molar-refractivity contribution is -0.141. The van der Waals surface area contributed by atoms with E-state index in [1.807, 2.05) is 64.2 Å². The van der Waals surface area contributed by atoms with Crippen molar-refractivity contribution in [3.05, 3.63) is 95.6 Å². The van der Waals surface area contributed by atoms with Crippen LogP contribution in [-0.4, -0.2) is 139 Å². The van der Waals surface area contributed by atoms with Crippen LogP contribution in [-0.2, 0) is 14.3 Å². The zero-order chi connectivity index (χ0) is 54.0.